The van der Waals surface area contributed by atoms with Crippen LogP contribution in [0.4, 0.5) is 0 Å². The summed E-state index contributed by atoms with van der Waals surface area (Å²) in [5, 5.41) is 0. The molecule has 0 aliphatic carbocycles. The van der Waals surface area contributed by atoms with E-state index in [9.17, 15) is 8.42 Å². The van der Waals surface area contributed by atoms with Gasteiger partial charge in [0, 0.05) is 25.5 Å². The van der Waals surface area contributed by atoms with Crippen LogP contribution in [-0.2, 0) is 16.6 Å². The summed E-state index contributed by atoms with van der Waals surface area (Å²) >= 11 is 0. The first-order chi connectivity index (χ1) is 11.3. The maximum atomic E-state index is 13.2. The van der Waals surface area contributed by atoms with Gasteiger partial charge in [-0.1, -0.05) is 6.92 Å². The van der Waals surface area contributed by atoms with Crippen molar-refractivity contribution < 1.29 is 13.2 Å². The molecule has 0 saturated heterocycles. The molecule has 0 bridgehead atoms. The highest BCUT2D eigenvalue weighted by Crippen LogP contribution is 2.32. The molecule has 0 saturated carbocycles. The standard InChI is InChI=1S/C18H24N2O3S/c1-6-20(12-16-7-9-19-10-8-16)24(21,22)18-13(2)11-17(23-5)14(3)15(18)4/h7-11H,6,12H2,1-5H3. The Morgan fingerprint density at radius 3 is 2.29 bits per heavy atom. The van der Waals surface area contributed by atoms with Gasteiger partial charge in [-0.05, 0) is 61.2 Å². The lowest BCUT2D eigenvalue weighted by Crippen LogP contribution is -2.31. The maximum absolute atomic E-state index is 13.2. The van der Waals surface area contributed by atoms with E-state index >= 15 is 0 Å². The van der Waals surface area contributed by atoms with Gasteiger partial charge in [-0.25, -0.2) is 8.42 Å². The predicted octanol–water partition coefficient (Wildman–Crippen LogP) is 3.23. The molecule has 5 nitrogen and oxygen atoms in total. The summed E-state index contributed by atoms with van der Waals surface area (Å²) in [7, 11) is -2.01. The number of rotatable bonds is 6. The first kappa shape index (κ1) is 18.4. The third-order valence-corrected chi connectivity index (χ3v) is 6.47. The number of benzene rings is 1. The van der Waals surface area contributed by atoms with E-state index < -0.39 is 10.0 Å². The van der Waals surface area contributed by atoms with Crippen molar-refractivity contribution in [3.8, 4) is 5.75 Å². The Labute approximate surface area is 144 Å². The summed E-state index contributed by atoms with van der Waals surface area (Å²) in [6.07, 6.45) is 3.34. The fourth-order valence-electron chi connectivity index (χ4n) is 2.82. The van der Waals surface area contributed by atoms with Gasteiger partial charge in [0.05, 0.1) is 12.0 Å². The second kappa shape index (κ2) is 7.32. The van der Waals surface area contributed by atoms with Gasteiger partial charge in [0.25, 0.3) is 0 Å². The molecule has 0 N–H and O–H groups in total. The van der Waals surface area contributed by atoms with Crippen molar-refractivity contribution in [3.05, 3.63) is 52.8 Å². The van der Waals surface area contributed by atoms with Crippen LogP contribution in [0.25, 0.3) is 0 Å². The molecule has 130 valence electrons. The number of pyridine rings is 1. The molecular formula is C18H24N2O3S. The van der Waals surface area contributed by atoms with Crippen molar-refractivity contribution in [1.29, 1.82) is 0 Å². The van der Waals surface area contributed by atoms with Crippen molar-refractivity contribution in [1.82, 2.24) is 9.29 Å². The molecule has 2 rings (SSSR count). The van der Waals surface area contributed by atoms with Crippen LogP contribution < -0.4 is 4.74 Å². The second-order valence-corrected chi connectivity index (χ2v) is 7.64. The molecule has 0 fully saturated rings. The molecule has 2 aromatic rings. The molecule has 0 radical (unpaired) electrons. The Morgan fingerprint density at radius 2 is 1.75 bits per heavy atom. The zero-order chi connectivity index (χ0) is 17.9. The van der Waals surface area contributed by atoms with Crippen LogP contribution in [0.1, 0.15) is 29.2 Å². The van der Waals surface area contributed by atoms with Crippen LogP contribution in [0.3, 0.4) is 0 Å². The zero-order valence-electron chi connectivity index (χ0n) is 14.8. The number of aromatic nitrogens is 1. The second-order valence-electron chi connectivity index (χ2n) is 5.76. The fourth-order valence-corrected chi connectivity index (χ4v) is 4.74. The number of hydrogen-bond donors (Lipinski definition) is 0. The molecule has 0 unspecified atom stereocenters. The first-order valence-corrected chi connectivity index (χ1v) is 9.30. The molecule has 0 aliphatic heterocycles. The average Bonchev–Trinajstić information content (AvgIpc) is 2.56. The number of hydrogen-bond acceptors (Lipinski definition) is 4. The minimum atomic E-state index is -3.60. The molecule has 1 heterocycles. The van der Waals surface area contributed by atoms with E-state index in [0.717, 1.165) is 16.7 Å². The average molecular weight is 348 g/mol. The summed E-state index contributed by atoms with van der Waals surface area (Å²) < 4.78 is 33.3. The van der Waals surface area contributed by atoms with E-state index in [-0.39, 0.29) is 0 Å². The van der Waals surface area contributed by atoms with Crippen LogP contribution >= 0.6 is 0 Å². The summed E-state index contributed by atoms with van der Waals surface area (Å²) in [5.41, 5.74) is 3.20. The number of aryl methyl sites for hydroxylation is 1. The van der Waals surface area contributed by atoms with E-state index in [2.05, 4.69) is 4.98 Å². The monoisotopic (exact) mass is 348 g/mol. The molecule has 0 aliphatic rings. The summed E-state index contributed by atoms with van der Waals surface area (Å²) in [5.74, 6) is 0.709. The highest BCUT2D eigenvalue weighted by molar-refractivity contribution is 7.89. The minimum absolute atomic E-state index is 0.325. The van der Waals surface area contributed by atoms with E-state index in [0.29, 0.717) is 29.3 Å². The van der Waals surface area contributed by atoms with Gasteiger partial charge in [0.1, 0.15) is 5.75 Å². The van der Waals surface area contributed by atoms with E-state index in [1.807, 2.05) is 39.8 Å². The Kier molecular flexibility index (Phi) is 5.62. The molecule has 24 heavy (non-hydrogen) atoms. The van der Waals surface area contributed by atoms with Gasteiger partial charge in [0.15, 0.2) is 0 Å². The third-order valence-electron chi connectivity index (χ3n) is 4.26. The lowest BCUT2D eigenvalue weighted by molar-refractivity contribution is 0.408. The minimum Gasteiger partial charge on any atom is -0.496 e. The topological polar surface area (TPSA) is 59.5 Å². The van der Waals surface area contributed by atoms with Crippen molar-refractivity contribution in [3.63, 3.8) is 0 Å². The molecule has 0 amide bonds. The van der Waals surface area contributed by atoms with Gasteiger partial charge in [-0.2, -0.15) is 4.31 Å². The lowest BCUT2D eigenvalue weighted by Gasteiger charge is -2.24. The molecule has 1 aromatic heterocycles. The Balaban J connectivity index is 2.51. The number of nitrogens with zero attached hydrogens (tertiary/aromatic N) is 2. The molecule has 6 heteroatoms. The van der Waals surface area contributed by atoms with Crippen molar-refractivity contribution in [2.45, 2.75) is 39.1 Å². The summed E-state index contributed by atoms with van der Waals surface area (Å²) in [4.78, 5) is 4.35. The van der Waals surface area contributed by atoms with Crippen LogP contribution in [0.15, 0.2) is 35.5 Å². The highest BCUT2D eigenvalue weighted by atomic mass is 32.2. The normalized spacial score (nSPS) is 11.8. The molecule has 0 spiro atoms. The van der Waals surface area contributed by atoms with Gasteiger partial charge in [0.2, 0.25) is 10.0 Å². The number of sulfonamides is 1. The van der Waals surface area contributed by atoms with Crippen LogP contribution in [0.5, 0.6) is 5.75 Å². The SMILES string of the molecule is CCN(Cc1ccncc1)S(=O)(=O)c1c(C)cc(OC)c(C)c1C. The van der Waals surface area contributed by atoms with E-state index in [4.69, 9.17) is 4.74 Å². The van der Waals surface area contributed by atoms with Crippen LogP contribution in [0, 0.1) is 20.8 Å². The number of ether oxygens (including phenoxy) is 1. The van der Waals surface area contributed by atoms with Crippen molar-refractivity contribution in [2.24, 2.45) is 0 Å². The van der Waals surface area contributed by atoms with Crippen molar-refractivity contribution in [2.75, 3.05) is 13.7 Å². The highest BCUT2D eigenvalue weighted by Gasteiger charge is 2.28. The fraction of sp³-hybridized carbons (Fsp3) is 0.389. The predicted molar refractivity (Wildman–Crippen MR) is 94.7 cm³/mol. The maximum Gasteiger partial charge on any atom is 0.243 e. The van der Waals surface area contributed by atoms with E-state index in [1.165, 1.54) is 4.31 Å². The van der Waals surface area contributed by atoms with Crippen LogP contribution in [-0.4, -0.2) is 31.4 Å². The molecule has 0 atom stereocenters. The Bertz CT molecular complexity index is 818. The Morgan fingerprint density at radius 1 is 1.12 bits per heavy atom. The smallest absolute Gasteiger partial charge is 0.243 e. The Hall–Kier alpha value is -1.92. The van der Waals surface area contributed by atoms with Crippen molar-refractivity contribution >= 4 is 10.0 Å². The summed E-state index contributed by atoms with van der Waals surface area (Å²) in [6.45, 7) is 8.09. The quantitative estimate of drug-likeness (QED) is 0.804. The third kappa shape index (κ3) is 3.44. The molecular weight excluding hydrogens is 324 g/mol. The van der Waals surface area contributed by atoms with Crippen LogP contribution in [0.2, 0.25) is 0 Å². The zero-order valence-corrected chi connectivity index (χ0v) is 15.6. The largest absolute Gasteiger partial charge is 0.496 e. The number of methoxy groups -OCH3 is 1. The summed E-state index contributed by atoms with van der Waals surface area (Å²) in [6, 6.07) is 5.45. The van der Waals surface area contributed by atoms with Gasteiger partial charge < -0.3 is 4.74 Å². The first-order valence-electron chi connectivity index (χ1n) is 7.86. The van der Waals surface area contributed by atoms with Gasteiger partial charge >= 0.3 is 0 Å². The van der Waals surface area contributed by atoms with Gasteiger partial charge in [-0.3, -0.25) is 4.98 Å². The lowest BCUT2D eigenvalue weighted by atomic mass is 10.1. The van der Waals surface area contributed by atoms with E-state index in [1.54, 1.807) is 25.6 Å². The van der Waals surface area contributed by atoms with Gasteiger partial charge in [-0.15, -0.1) is 0 Å². The molecule has 1 aromatic carbocycles.